The van der Waals surface area contributed by atoms with Crippen molar-refractivity contribution in [2.45, 2.75) is 32.7 Å². The van der Waals surface area contributed by atoms with Gasteiger partial charge in [-0.25, -0.2) is 4.98 Å². The molecule has 0 radical (unpaired) electrons. The number of hydrogen-bond donors (Lipinski definition) is 0. The molecule has 1 aromatic heterocycles. The summed E-state index contributed by atoms with van der Waals surface area (Å²) in [5.41, 5.74) is 4.10. The summed E-state index contributed by atoms with van der Waals surface area (Å²) in [6.45, 7) is 9.18. The Balaban J connectivity index is 1.24. The molecule has 30 heavy (non-hydrogen) atoms. The Morgan fingerprint density at radius 3 is 2.23 bits per heavy atom. The molecule has 2 aliphatic rings. The molecule has 0 bridgehead atoms. The first kappa shape index (κ1) is 20.9. The van der Waals surface area contributed by atoms with E-state index in [1.54, 1.807) is 12.4 Å². The van der Waals surface area contributed by atoms with Gasteiger partial charge in [0.15, 0.2) is 0 Å². The molecule has 0 spiro atoms. The highest BCUT2D eigenvalue weighted by atomic mass is 16.2. The number of amides is 1. The number of rotatable bonds is 5. The van der Waals surface area contributed by atoms with Gasteiger partial charge in [0.05, 0.1) is 11.9 Å². The summed E-state index contributed by atoms with van der Waals surface area (Å²) in [6.07, 6.45) is 6.45. The van der Waals surface area contributed by atoms with Gasteiger partial charge in [0.25, 0.3) is 5.91 Å². The molecule has 0 N–H and O–H groups in total. The monoisotopic (exact) mass is 407 g/mol. The molecular weight excluding hydrogens is 374 g/mol. The summed E-state index contributed by atoms with van der Waals surface area (Å²) in [5, 5.41) is 0. The zero-order chi connectivity index (χ0) is 20.9. The van der Waals surface area contributed by atoms with Gasteiger partial charge in [-0.3, -0.25) is 14.7 Å². The molecule has 2 aromatic rings. The third-order valence-electron chi connectivity index (χ3n) is 6.45. The van der Waals surface area contributed by atoms with Crippen LogP contribution in [-0.2, 0) is 13.0 Å². The minimum absolute atomic E-state index is 0.00853. The number of carbonyl (C=O) groups excluding carboxylic acids is 1. The Hall–Kier alpha value is -2.31. The van der Waals surface area contributed by atoms with Crippen LogP contribution in [0, 0.1) is 12.8 Å². The molecule has 2 aliphatic heterocycles. The molecule has 1 amide bonds. The molecule has 1 aromatic carbocycles. The molecule has 0 unspecified atom stereocenters. The number of piperazine rings is 1. The summed E-state index contributed by atoms with van der Waals surface area (Å²) in [4.78, 5) is 27.9. The second-order valence-electron chi connectivity index (χ2n) is 8.88. The van der Waals surface area contributed by atoms with Crippen molar-refractivity contribution in [3.8, 4) is 0 Å². The summed E-state index contributed by atoms with van der Waals surface area (Å²) in [7, 11) is 2.20. The minimum atomic E-state index is 0.00853. The Kier molecular flexibility index (Phi) is 6.75. The van der Waals surface area contributed by atoms with Crippen molar-refractivity contribution in [3.05, 3.63) is 59.2 Å². The van der Waals surface area contributed by atoms with Crippen molar-refractivity contribution in [1.82, 2.24) is 24.7 Å². The maximum Gasteiger partial charge on any atom is 0.274 e. The maximum atomic E-state index is 12.6. The fourth-order valence-corrected chi connectivity index (χ4v) is 4.38. The number of aryl methyl sites for hydroxylation is 1. The van der Waals surface area contributed by atoms with Crippen LogP contribution in [0.3, 0.4) is 0 Å². The van der Waals surface area contributed by atoms with E-state index in [-0.39, 0.29) is 5.91 Å². The molecule has 6 nitrogen and oxygen atoms in total. The number of piperidine rings is 1. The first-order chi connectivity index (χ1) is 14.6. The van der Waals surface area contributed by atoms with E-state index >= 15 is 0 Å². The fourth-order valence-electron chi connectivity index (χ4n) is 4.38. The van der Waals surface area contributed by atoms with Crippen molar-refractivity contribution in [3.63, 3.8) is 0 Å². The lowest BCUT2D eigenvalue weighted by atomic mass is 9.90. The van der Waals surface area contributed by atoms with Gasteiger partial charge in [-0.1, -0.05) is 24.3 Å². The van der Waals surface area contributed by atoms with E-state index in [1.807, 2.05) is 11.8 Å². The quantitative estimate of drug-likeness (QED) is 0.763. The molecule has 3 heterocycles. The Bertz CT molecular complexity index is 820. The highest BCUT2D eigenvalue weighted by Crippen LogP contribution is 2.23. The molecule has 0 saturated carbocycles. The molecule has 160 valence electrons. The van der Waals surface area contributed by atoms with Crippen molar-refractivity contribution < 1.29 is 4.79 Å². The third-order valence-corrected chi connectivity index (χ3v) is 6.45. The number of hydrogen-bond acceptors (Lipinski definition) is 5. The SMILES string of the molecule is Cc1cnc(C(=O)N2CCC(Cc3ccc(CN4CCN(C)CC4)cc3)CC2)cn1. The van der Waals surface area contributed by atoms with E-state index in [0.717, 1.165) is 70.8 Å². The van der Waals surface area contributed by atoms with E-state index in [2.05, 4.69) is 51.1 Å². The predicted molar refractivity (Wildman–Crippen MR) is 118 cm³/mol. The van der Waals surface area contributed by atoms with Gasteiger partial charge in [-0.2, -0.15) is 0 Å². The van der Waals surface area contributed by atoms with Gasteiger partial charge in [-0.05, 0) is 50.3 Å². The molecule has 0 atom stereocenters. The Labute approximate surface area is 179 Å². The third kappa shape index (κ3) is 5.43. The summed E-state index contributed by atoms with van der Waals surface area (Å²) < 4.78 is 0. The lowest BCUT2D eigenvalue weighted by Crippen LogP contribution is -2.43. The normalized spacial score (nSPS) is 19.2. The number of nitrogens with zero attached hydrogens (tertiary/aromatic N) is 5. The van der Waals surface area contributed by atoms with E-state index < -0.39 is 0 Å². The van der Waals surface area contributed by atoms with Crippen LogP contribution >= 0.6 is 0 Å². The largest absolute Gasteiger partial charge is 0.337 e. The fraction of sp³-hybridized carbons (Fsp3) is 0.542. The molecule has 2 saturated heterocycles. The van der Waals surface area contributed by atoms with Crippen molar-refractivity contribution in [1.29, 1.82) is 0 Å². The minimum Gasteiger partial charge on any atom is -0.337 e. The molecule has 0 aliphatic carbocycles. The Morgan fingerprint density at radius 1 is 0.933 bits per heavy atom. The molecular formula is C24H33N5O. The van der Waals surface area contributed by atoms with Crippen molar-refractivity contribution in [2.24, 2.45) is 5.92 Å². The van der Waals surface area contributed by atoms with Crippen molar-refractivity contribution in [2.75, 3.05) is 46.3 Å². The second-order valence-corrected chi connectivity index (χ2v) is 8.88. The molecule has 2 fully saturated rings. The van der Waals surface area contributed by atoms with Gasteiger partial charge < -0.3 is 9.80 Å². The van der Waals surface area contributed by atoms with Gasteiger partial charge in [0, 0.05) is 52.0 Å². The average Bonchev–Trinajstić information content (AvgIpc) is 2.77. The van der Waals surface area contributed by atoms with Gasteiger partial charge in [0.2, 0.25) is 0 Å². The van der Waals surface area contributed by atoms with Crippen LogP contribution < -0.4 is 0 Å². The van der Waals surface area contributed by atoms with E-state index in [1.165, 1.54) is 11.1 Å². The smallest absolute Gasteiger partial charge is 0.274 e. The van der Waals surface area contributed by atoms with Gasteiger partial charge >= 0.3 is 0 Å². The van der Waals surface area contributed by atoms with E-state index in [4.69, 9.17) is 0 Å². The predicted octanol–water partition coefficient (Wildman–Crippen LogP) is 2.63. The summed E-state index contributed by atoms with van der Waals surface area (Å²) >= 11 is 0. The number of carbonyl (C=O) groups is 1. The van der Waals surface area contributed by atoms with Crippen LogP contribution in [0.15, 0.2) is 36.7 Å². The molecule has 4 rings (SSSR count). The summed E-state index contributed by atoms with van der Waals surface area (Å²) in [6, 6.07) is 9.18. The topological polar surface area (TPSA) is 52.6 Å². The van der Waals surface area contributed by atoms with E-state index in [0.29, 0.717) is 11.6 Å². The number of likely N-dealkylation sites (N-methyl/N-ethyl adjacent to an activating group) is 1. The van der Waals surface area contributed by atoms with Crippen LogP contribution in [0.1, 0.15) is 40.2 Å². The zero-order valence-corrected chi connectivity index (χ0v) is 18.3. The Morgan fingerprint density at radius 2 is 1.60 bits per heavy atom. The highest BCUT2D eigenvalue weighted by Gasteiger charge is 2.24. The second kappa shape index (κ2) is 9.67. The zero-order valence-electron chi connectivity index (χ0n) is 18.3. The first-order valence-electron chi connectivity index (χ1n) is 11.1. The van der Waals surface area contributed by atoms with Crippen LogP contribution in [-0.4, -0.2) is 76.9 Å². The van der Waals surface area contributed by atoms with Crippen molar-refractivity contribution >= 4 is 5.91 Å². The molecule has 6 heteroatoms. The van der Waals surface area contributed by atoms with Gasteiger partial charge in [0.1, 0.15) is 5.69 Å². The standard InChI is InChI=1S/C24H33N5O/c1-19-16-26-23(17-25-19)24(30)29-9-7-21(8-10-29)15-20-3-5-22(6-4-20)18-28-13-11-27(2)12-14-28/h3-6,16-17,21H,7-15,18H2,1-2H3. The van der Waals surface area contributed by atoms with Crippen LogP contribution in [0.4, 0.5) is 0 Å². The lowest BCUT2D eigenvalue weighted by Gasteiger charge is -2.32. The van der Waals surface area contributed by atoms with Crippen LogP contribution in [0.2, 0.25) is 0 Å². The van der Waals surface area contributed by atoms with E-state index in [9.17, 15) is 4.79 Å². The van der Waals surface area contributed by atoms with Crippen LogP contribution in [0.25, 0.3) is 0 Å². The number of aromatic nitrogens is 2. The maximum absolute atomic E-state index is 12.6. The highest BCUT2D eigenvalue weighted by molar-refractivity contribution is 5.92. The van der Waals surface area contributed by atoms with Crippen LogP contribution in [0.5, 0.6) is 0 Å². The first-order valence-corrected chi connectivity index (χ1v) is 11.1. The lowest BCUT2D eigenvalue weighted by molar-refractivity contribution is 0.0684. The summed E-state index contributed by atoms with van der Waals surface area (Å²) in [5.74, 6) is 0.649. The average molecular weight is 408 g/mol. The number of likely N-dealkylation sites (tertiary alicyclic amines) is 1. The number of benzene rings is 1. The van der Waals surface area contributed by atoms with Gasteiger partial charge in [-0.15, -0.1) is 0 Å².